The Bertz CT molecular complexity index is 722. The van der Waals surface area contributed by atoms with Crippen LogP contribution in [-0.4, -0.2) is 15.5 Å². The van der Waals surface area contributed by atoms with Gasteiger partial charge in [-0.1, -0.05) is 25.1 Å². The van der Waals surface area contributed by atoms with Gasteiger partial charge in [0, 0.05) is 0 Å². The molecule has 0 saturated carbocycles. The van der Waals surface area contributed by atoms with E-state index in [1.807, 2.05) is 32.0 Å². The van der Waals surface area contributed by atoms with Gasteiger partial charge >= 0.3 is 0 Å². The van der Waals surface area contributed by atoms with E-state index in [4.69, 9.17) is 4.74 Å². The van der Waals surface area contributed by atoms with Crippen molar-refractivity contribution in [1.82, 2.24) is 0 Å². The lowest BCUT2D eigenvalue weighted by molar-refractivity contribution is 0.417. The van der Waals surface area contributed by atoms with Gasteiger partial charge in [-0.2, -0.15) is 0 Å². The standard InChI is InChI=1S/C16H19NO3S/c1-4-13-6-8-14(9-7-13)21(18,19)17-15-11-12(2)5-10-16(15)20-3/h5-11,17H,4H2,1-3H3. The molecule has 4 nitrogen and oxygen atoms in total. The van der Waals surface area contributed by atoms with E-state index in [2.05, 4.69) is 4.72 Å². The van der Waals surface area contributed by atoms with Crippen LogP contribution >= 0.6 is 0 Å². The predicted molar refractivity (Wildman–Crippen MR) is 84.4 cm³/mol. The number of benzene rings is 2. The van der Waals surface area contributed by atoms with Gasteiger partial charge in [0.05, 0.1) is 17.7 Å². The number of hydrogen-bond donors (Lipinski definition) is 1. The van der Waals surface area contributed by atoms with Crippen molar-refractivity contribution in [1.29, 1.82) is 0 Å². The first-order valence-electron chi connectivity index (χ1n) is 6.72. The van der Waals surface area contributed by atoms with Crippen molar-refractivity contribution in [3.05, 3.63) is 53.6 Å². The number of ether oxygens (including phenoxy) is 1. The zero-order valence-electron chi connectivity index (χ0n) is 12.4. The first-order chi connectivity index (χ1) is 9.96. The molecule has 2 rings (SSSR count). The summed E-state index contributed by atoms with van der Waals surface area (Å²) in [5, 5.41) is 0. The van der Waals surface area contributed by atoms with Gasteiger partial charge < -0.3 is 4.74 Å². The molecule has 0 heterocycles. The zero-order chi connectivity index (χ0) is 15.5. The van der Waals surface area contributed by atoms with Gasteiger partial charge in [0.2, 0.25) is 0 Å². The van der Waals surface area contributed by atoms with E-state index < -0.39 is 10.0 Å². The third kappa shape index (κ3) is 3.55. The van der Waals surface area contributed by atoms with Crippen LogP contribution in [0, 0.1) is 6.92 Å². The van der Waals surface area contributed by atoms with Gasteiger partial charge in [-0.15, -0.1) is 0 Å². The molecule has 0 amide bonds. The van der Waals surface area contributed by atoms with E-state index in [9.17, 15) is 8.42 Å². The Hall–Kier alpha value is -2.01. The molecule has 0 radical (unpaired) electrons. The Morgan fingerprint density at radius 2 is 1.76 bits per heavy atom. The van der Waals surface area contributed by atoms with Crippen LogP contribution < -0.4 is 9.46 Å². The van der Waals surface area contributed by atoms with Crippen LogP contribution in [0.25, 0.3) is 0 Å². The second-order valence-corrected chi connectivity index (χ2v) is 6.49. The van der Waals surface area contributed by atoms with Crippen molar-refractivity contribution in [3.8, 4) is 5.75 Å². The molecule has 2 aromatic rings. The van der Waals surface area contributed by atoms with Crippen LogP contribution in [0.15, 0.2) is 47.4 Å². The third-order valence-electron chi connectivity index (χ3n) is 3.24. The summed E-state index contributed by atoms with van der Waals surface area (Å²) in [4.78, 5) is 0.239. The fraction of sp³-hybridized carbons (Fsp3) is 0.250. The maximum absolute atomic E-state index is 12.4. The number of methoxy groups -OCH3 is 1. The first-order valence-corrected chi connectivity index (χ1v) is 8.21. The van der Waals surface area contributed by atoms with Crippen molar-refractivity contribution in [3.63, 3.8) is 0 Å². The lowest BCUT2D eigenvalue weighted by Gasteiger charge is -2.12. The maximum Gasteiger partial charge on any atom is 0.262 e. The molecular formula is C16H19NO3S. The van der Waals surface area contributed by atoms with Crippen molar-refractivity contribution in [2.45, 2.75) is 25.2 Å². The molecule has 21 heavy (non-hydrogen) atoms. The molecule has 5 heteroatoms. The van der Waals surface area contributed by atoms with Crippen LogP contribution in [0.2, 0.25) is 0 Å². The summed E-state index contributed by atoms with van der Waals surface area (Å²) < 4.78 is 32.6. The van der Waals surface area contributed by atoms with E-state index in [-0.39, 0.29) is 4.90 Å². The highest BCUT2D eigenvalue weighted by molar-refractivity contribution is 7.92. The minimum atomic E-state index is -3.62. The highest BCUT2D eigenvalue weighted by atomic mass is 32.2. The average molecular weight is 305 g/mol. The fourth-order valence-corrected chi connectivity index (χ4v) is 3.07. The van der Waals surface area contributed by atoms with Gasteiger partial charge in [0.25, 0.3) is 10.0 Å². The Morgan fingerprint density at radius 1 is 1.10 bits per heavy atom. The van der Waals surface area contributed by atoms with Crippen LogP contribution in [0.5, 0.6) is 5.75 Å². The summed E-state index contributed by atoms with van der Waals surface area (Å²) in [6.45, 7) is 3.92. The Morgan fingerprint density at radius 3 is 2.33 bits per heavy atom. The van der Waals surface area contributed by atoms with Crippen molar-refractivity contribution >= 4 is 15.7 Å². The van der Waals surface area contributed by atoms with E-state index in [0.29, 0.717) is 11.4 Å². The molecule has 0 saturated heterocycles. The maximum atomic E-state index is 12.4. The number of hydrogen-bond acceptors (Lipinski definition) is 3. The number of sulfonamides is 1. The molecule has 0 aliphatic heterocycles. The van der Waals surface area contributed by atoms with Crippen molar-refractivity contribution in [2.75, 3.05) is 11.8 Å². The first kappa shape index (κ1) is 15.4. The highest BCUT2D eigenvalue weighted by Crippen LogP contribution is 2.27. The van der Waals surface area contributed by atoms with E-state index >= 15 is 0 Å². The van der Waals surface area contributed by atoms with Crippen LogP contribution in [0.4, 0.5) is 5.69 Å². The van der Waals surface area contributed by atoms with E-state index in [1.165, 1.54) is 7.11 Å². The summed E-state index contributed by atoms with van der Waals surface area (Å²) in [6, 6.07) is 12.2. The van der Waals surface area contributed by atoms with Crippen LogP contribution in [0.3, 0.4) is 0 Å². The molecule has 0 spiro atoms. The Kier molecular flexibility index (Phi) is 4.53. The average Bonchev–Trinajstić information content (AvgIpc) is 2.47. The number of rotatable bonds is 5. The molecule has 2 aromatic carbocycles. The van der Waals surface area contributed by atoms with E-state index in [0.717, 1.165) is 17.5 Å². The number of anilines is 1. The summed E-state index contributed by atoms with van der Waals surface area (Å²) in [6.07, 6.45) is 0.874. The SMILES string of the molecule is CCc1ccc(S(=O)(=O)Nc2cc(C)ccc2OC)cc1. The lowest BCUT2D eigenvalue weighted by atomic mass is 10.2. The minimum Gasteiger partial charge on any atom is -0.495 e. The molecule has 0 unspecified atom stereocenters. The highest BCUT2D eigenvalue weighted by Gasteiger charge is 2.16. The topological polar surface area (TPSA) is 55.4 Å². The van der Waals surface area contributed by atoms with Crippen LogP contribution in [-0.2, 0) is 16.4 Å². The third-order valence-corrected chi connectivity index (χ3v) is 4.62. The summed E-state index contributed by atoms with van der Waals surface area (Å²) >= 11 is 0. The zero-order valence-corrected chi connectivity index (χ0v) is 13.2. The summed E-state index contributed by atoms with van der Waals surface area (Å²) in [5.74, 6) is 0.495. The molecule has 0 bridgehead atoms. The van der Waals surface area contributed by atoms with Gasteiger partial charge in [-0.25, -0.2) is 8.42 Å². The molecule has 112 valence electrons. The smallest absolute Gasteiger partial charge is 0.262 e. The second kappa shape index (κ2) is 6.18. The monoisotopic (exact) mass is 305 g/mol. The second-order valence-electron chi connectivity index (χ2n) is 4.81. The predicted octanol–water partition coefficient (Wildman–Crippen LogP) is 3.37. The molecule has 0 aliphatic carbocycles. The molecule has 0 atom stereocenters. The van der Waals surface area contributed by atoms with Gasteiger partial charge in [-0.3, -0.25) is 4.72 Å². The van der Waals surface area contributed by atoms with Gasteiger partial charge in [0.1, 0.15) is 5.75 Å². The molecule has 0 fully saturated rings. The Balaban J connectivity index is 2.34. The molecule has 1 N–H and O–H groups in total. The van der Waals surface area contributed by atoms with Crippen molar-refractivity contribution < 1.29 is 13.2 Å². The molecule has 0 aromatic heterocycles. The lowest BCUT2D eigenvalue weighted by Crippen LogP contribution is -2.13. The number of aryl methyl sites for hydroxylation is 2. The van der Waals surface area contributed by atoms with Gasteiger partial charge in [-0.05, 0) is 48.7 Å². The quantitative estimate of drug-likeness (QED) is 0.921. The largest absolute Gasteiger partial charge is 0.495 e. The molecule has 0 aliphatic rings. The molecular weight excluding hydrogens is 286 g/mol. The normalized spacial score (nSPS) is 11.2. The van der Waals surface area contributed by atoms with Crippen LogP contribution in [0.1, 0.15) is 18.1 Å². The van der Waals surface area contributed by atoms with E-state index in [1.54, 1.807) is 24.3 Å². The van der Waals surface area contributed by atoms with Crippen molar-refractivity contribution in [2.24, 2.45) is 0 Å². The summed E-state index contributed by atoms with van der Waals surface area (Å²) in [7, 11) is -2.11. The fourth-order valence-electron chi connectivity index (χ4n) is 2.01. The minimum absolute atomic E-state index is 0.239. The Labute approximate surface area is 125 Å². The summed E-state index contributed by atoms with van der Waals surface area (Å²) in [5.41, 5.74) is 2.49. The van der Waals surface area contributed by atoms with Gasteiger partial charge in [0.15, 0.2) is 0 Å². The number of nitrogens with one attached hydrogen (secondary N) is 1.